The summed E-state index contributed by atoms with van der Waals surface area (Å²) < 4.78 is 61.4. The summed E-state index contributed by atoms with van der Waals surface area (Å²) in [5.74, 6) is -1.67. The van der Waals surface area contributed by atoms with Crippen LogP contribution >= 0.6 is 0 Å². The molecule has 0 fully saturated rings. The van der Waals surface area contributed by atoms with Gasteiger partial charge in [0.1, 0.15) is 0 Å². The van der Waals surface area contributed by atoms with E-state index in [1.807, 2.05) is 0 Å². The van der Waals surface area contributed by atoms with Crippen molar-refractivity contribution in [2.75, 3.05) is 0 Å². The van der Waals surface area contributed by atoms with E-state index in [2.05, 4.69) is 9.88 Å². The van der Waals surface area contributed by atoms with Crippen LogP contribution in [0.15, 0.2) is 15.8 Å². The summed E-state index contributed by atoms with van der Waals surface area (Å²) in [5, 5.41) is 15.1. The van der Waals surface area contributed by atoms with Gasteiger partial charge in [0.2, 0.25) is 20.8 Å². The Bertz CT molecular complexity index is 678. The van der Waals surface area contributed by atoms with Crippen molar-refractivity contribution in [2.45, 2.75) is 11.3 Å². The average molecular weight is 303 g/mol. The van der Waals surface area contributed by atoms with Gasteiger partial charge in [-0.15, -0.1) is 13.2 Å². The molecule has 0 saturated carbocycles. The number of ether oxygens (including phenoxy) is 1. The summed E-state index contributed by atoms with van der Waals surface area (Å²) in [7, 11) is -4.94. The van der Waals surface area contributed by atoms with Gasteiger partial charge in [-0.3, -0.25) is 19.9 Å². The standard InChI is InChI=1S/C6H4F3N3O6S/c7-6(8,9)18-5-4(19(10,16)17)2(12(14)15)1-3(13)11-5/h1H,(H,11,13)(H2,10,16,17). The van der Waals surface area contributed by atoms with Crippen molar-refractivity contribution in [2.24, 2.45) is 5.14 Å². The van der Waals surface area contributed by atoms with Crippen LogP contribution in [0, 0.1) is 10.1 Å². The minimum Gasteiger partial charge on any atom is -0.388 e. The molecule has 0 amide bonds. The predicted octanol–water partition coefficient (Wildman–Crippen LogP) is -0.171. The molecule has 0 spiro atoms. The number of sulfonamides is 1. The van der Waals surface area contributed by atoms with Crippen LogP contribution in [0.2, 0.25) is 0 Å². The molecule has 13 heteroatoms. The Morgan fingerprint density at radius 1 is 1.42 bits per heavy atom. The Morgan fingerprint density at radius 3 is 2.32 bits per heavy atom. The third-order valence-electron chi connectivity index (χ3n) is 1.64. The number of pyridine rings is 1. The Balaban J connectivity index is 3.71. The maximum atomic E-state index is 12.0. The number of primary sulfonamides is 1. The van der Waals surface area contributed by atoms with Crippen molar-refractivity contribution in [1.29, 1.82) is 0 Å². The quantitative estimate of drug-likeness (QED) is 0.585. The molecule has 0 unspecified atom stereocenters. The fraction of sp³-hybridized carbons (Fsp3) is 0.167. The van der Waals surface area contributed by atoms with Crippen molar-refractivity contribution in [3.8, 4) is 5.88 Å². The Kier molecular flexibility index (Phi) is 3.54. The highest BCUT2D eigenvalue weighted by Gasteiger charge is 2.38. The van der Waals surface area contributed by atoms with Gasteiger partial charge in [-0.25, -0.2) is 13.6 Å². The topological polar surface area (TPSA) is 145 Å². The number of nitrogens with two attached hydrogens (primary N) is 1. The molecule has 9 nitrogen and oxygen atoms in total. The summed E-state index contributed by atoms with van der Waals surface area (Å²) >= 11 is 0. The van der Waals surface area contributed by atoms with Crippen molar-refractivity contribution in [3.63, 3.8) is 0 Å². The molecule has 1 heterocycles. The lowest BCUT2D eigenvalue weighted by Gasteiger charge is -2.11. The first kappa shape index (κ1) is 14.9. The van der Waals surface area contributed by atoms with E-state index in [4.69, 9.17) is 0 Å². The summed E-state index contributed by atoms with van der Waals surface area (Å²) in [4.78, 5) is 19.9. The molecule has 0 aliphatic rings. The first-order valence-electron chi connectivity index (χ1n) is 4.12. The van der Waals surface area contributed by atoms with Gasteiger partial charge in [-0.2, -0.15) is 0 Å². The Morgan fingerprint density at radius 2 is 1.95 bits per heavy atom. The molecule has 0 saturated heterocycles. The molecule has 0 aliphatic heterocycles. The lowest BCUT2D eigenvalue weighted by atomic mass is 10.4. The van der Waals surface area contributed by atoms with Crippen LogP contribution in [-0.2, 0) is 10.0 Å². The van der Waals surface area contributed by atoms with E-state index < -0.39 is 43.3 Å². The van der Waals surface area contributed by atoms with E-state index in [0.29, 0.717) is 0 Å². The summed E-state index contributed by atoms with van der Waals surface area (Å²) in [6.45, 7) is 0. The molecule has 0 radical (unpaired) electrons. The summed E-state index contributed by atoms with van der Waals surface area (Å²) in [6.07, 6.45) is -5.38. The maximum Gasteiger partial charge on any atom is 0.574 e. The van der Waals surface area contributed by atoms with Crippen LogP contribution in [-0.4, -0.2) is 24.7 Å². The van der Waals surface area contributed by atoms with Gasteiger partial charge < -0.3 is 4.74 Å². The monoisotopic (exact) mass is 303 g/mol. The molecular weight excluding hydrogens is 299 g/mol. The van der Waals surface area contributed by atoms with Crippen molar-refractivity contribution in [3.05, 3.63) is 26.5 Å². The second-order valence-corrected chi connectivity index (χ2v) is 4.53. The number of alkyl halides is 3. The number of nitro groups is 1. The van der Waals surface area contributed by atoms with E-state index >= 15 is 0 Å². The lowest BCUT2D eigenvalue weighted by Crippen LogP contribution is -2.25. The number of aromatic amines is 1. The largest absolute Gasteiger partial charge is 0.574 e. The van der Waals surface area contributed by atoms with E-state index in [-0.39, 0.29) is 6.07 Å². The number of rotatable bonds is 3. The number of halogens is 3. The van der Waals surface area contributed by atoms with E-state index in [1.54, 1.807) is 0 Å². The van der Waals surface area contributed by atoms with Gasteiger partial charge in [0.15, 0.2) is 0 Å². The molecule has 1 aromatic heterocycles. The smallest absolute Gasteiger partial charge is 0.388 e. The number of nitrogens with one attached hydrogen (secondary N) is 1. The lowest BCUT2D eigenvalue weighted by molar-refractivity contribution is -0.388. The zero-order chi connectivity index (χ0) is 15.0. The van der Waals surface area contributed by atoms with Gasteiger partial charge in [-0.1, -0.05) is 0 Å². The third kappa shape index (κ3) is 3.65. The van der Waals surface area contributed by atoms with Gasteiger partial charge in [0.25, 0.3) is 11.2 Å². The minimum absolute atomic E-state index is 0.170. The van der Waals surface area contributed by atoms with Crippen LogP contribution < -0.4 is 15.4 Å². The number of hydrogen-bond donors (Lipinski definition) is 2. The fourth-order valence-electron chi connectivity index (χ4n) is 1.11. The zero-order valence-corrected chi connectivity index (χ0v) is 9.41. The highest BCUT2D eigenvalue weighted by atomic mass is 32.2. The third-order valence-corrected chi connectivity index (χ3v) is 2.61. The molecule has 106 valence electrons. The van der Waals surface area contributed by atoms with Crippen LogP contribution in [0.1, 0.15) is 0 Å². The van der Waals surface area contributed by atoms with Crippen LogP contribution in [0.4, 0.5) is 18.9 Å². The molecule has 1 aromatic rings. The summed E-state index contributed by atoms with van der Waals surface area (Å²) in [6, 6.07) is 0.170. The first-order valence-corrected chi connectivity index (χ1v) is 5.66. The van der Waals surface area contributed by atoms with Gasteiger partial charge in [-0.05, 0) is 0 Å². The minimum atomic E-state index is -5.38. The maximum absolute atomic E-state index is 12.0. The predicted molar refractivity (Wildman–Crippen MR) is 51.8 cm³/mol. The number of aromatic nitrogens is 1. The van der Waals surface area contributed by atoms with E-state index in [0.717, 1.165) is 0 Å². The average Bonchev–Trinajstić information content (AvgIpc) is 2.10. The second kappa shape index (κ2) is 4.51. The zero-order valence-electron chi connectivity index (χ0n) is 8.59. The normalized spacial score (nSPS) is 12.2. The number of nitrogens with zero attached hydrogens (tertiary/aromatic N) is 1. The summed E-state index contributed by atoms with van der Waals surface area (Å²) in [5.41, 5.74) is -2.79. The molecule has 3 N–H and O–H groups in total. The highest BCUT2D eigenvalue weighted by Crippen LogP contribution is 2.31. The van der Waals surface area contributed by atoms with Crippen molar-refractivity contribution in [1.82, 2.24) is 4.98 Å². The van der Waals surface area contributed by atoms with Crippen LogP contribution in [0.25, 0.3) is 0 Å². The van der Waals surface area contributed by atoms with Gasteiger partial charge >= 0.3 is 6.36 Å². The molecule has 19 heavy (non-hydrogen) atoms. The van der Waals surface area contributed by atoms with E-state index in [1.165, 1.54) is 4.98 Å². The fourth-order valence-corrected chi connectivity index (χ4v) is 1.89. The molecule has 0 aromatic carbocycles. The highest BCUT2D eigenvalue weighted by molar-refractivity contribution is 7.89. The van der Waals surface area contributed by atoms with Gasteiger partial charge in [0.05, 0.1) is 11.0 Å². The Labute approximate surface area is 102 Å². The second-order valence-electron chi connectivity index (χ2n) is 3.03. The van der Waals surface area contributed by atoms with Crippen molar-refractivity contribution >= 4 is 15.7 Å². The molecule has 0 aliphatic carbocycles. The van der Waals surface area contributed by atoms with Crippen LogP contribution in [0.3, 0.4) is 0 Å². The molecule has 1 rings (SSSR count). The van der Waals surface area contributed by atoms with Crippen molar-refractivity contribution < 1.29 is 31.2 Å². The SMILES string of the molecule is NS(=O)(=O)c1c([N+](=O)[O-])cc(=O)[nH]c1OC(F)(F)F. The number of H-pyrrole nitrogens is 1. The molecule has 0 atom stereocenters. The Hall–Kier alpha value is -2.15. The molecule has 0 bridgehead atoms. The van der Waals surface area contributed by atoms with E-state index in [9.17, 15) is 36.5 Å². The number of hydrogen-bond acceptors (Lipinski definition) is 6. The first-order chi connectivity index (χ1) is 8.42. The molecular formula is C6H4F3N3O6S. The van der Waals surface area contributed by atoms with Gasteiger partial charge in [0, 0.05) is 0 Å². The van der Waals surface area contributed by atoms with Crippen LogP contribution in [0.5, 0.6) is 5.88 Å².